The Balaban J connectivity index is 2.01. The third-order valence-electron chi connectivity index (χ3n) is 3.44. The first-order chi connectivity index (χ1) is 9.59. The topological polar surface area (TPSA) is 54.2 Å². The predicted molar refractivity (Wildman–Crippen MR) is 78.3 cm³/mol. The van der Waals surface area contributed by atoms with Gasteiger partial charge in [-0.25, -0.2) is 0 Å². The van der Waals surface area contributed by atoms with Crippen molar-refractivity contribution in [3.05, 3.63) is 47.9 Å². The number of nitrogens with one attached hydrogen (secondary N) is 1. The largest absolute Gasteiger partial charge is 0.468 e. The third kappa shape index (κ3) is 3.43. The number of aromatic nitrogens is 2. The molecule has 2 heterocycles. The minimum Gasteiger partial charge on any atom is -0.468 e. The highest BCUT2D eigenvalue weighted by Crippen LogP contribution is 2.19. The number of likely N-dealkylation sites (N-methyl/N-ethyl adjacent to an activating group) is 1. The fourth-order valence-electron chi connectivity index (χ4n) is 2.25. The molecule has 0 radical (unpaired) electrons. The molecule has 0 aliphatic rings. The van der Waals surface area contributed by atoms with Gasteiger partial charge in [0.05, 0.1) is 23.7 Å². The first-order valence-corrected chi connectivity index (χ1v) is 6.80. The zero-order chi connectivity index (χ0) is 14.5. The Kier molecular flexibility index (Phi) is 4.87. The molecule has 108 valence electrons. The lowest BCUT2D eigenvalue weighted by molar-refractivity contribution is 0.244. The normalized spacial score (nSPS) is 14.4. The Hall–Kier alpha value is -1.72. The highest BCUT2D eigenvalue weighted by Gasteiger charge is 2.19. The lowest BCUT2D eigenvalue weighted by Crippen LogP contribution is -2.32. The van der Waals surface area contributed by atoms with Crippen LogP contribution in [0.1, 0.15) is 36.2 Å². The van der Waals surface area contributed by atoms with E-state index in [2.05, 4.69) is 27.1 Å². The summed E-state index contributed by atoms with van der Waals surface area (Å²) in [6.07, 6.45) is 5.16. The summed E-state index contributed by atoms with van der Waals surface area (Å²) in [6.45, 7) is 4.88. The van der Waals surface area contributed by atoms with Gasteiger partial charge in [-0.05, 0) is 40.1 Å². The predicted octanol–water partition coefficient (Wildman–Crippen LogP) is 2.33. The molecule has 20 heavy (non-hydrogen) atoms. The van der Waals surface area contributed by atoms with Crippen LogP contribution < -0.4 is 5.32 Å². The number of hydrogen-bond acceptors (Lipinski definition) is 5. The summed E-state index contributed by atoms with van der Waals surface area (Å²) in [6, 6.07) is 4.28. The van der Waals surface area contributed by atoms with Crippen molar-refractivity contribution in [2.75, 3.05) is 20.6 Å². The molecule has 2 unspecified atom stereocenters. The van der Waals surface area contributed by atoms with Crippen molar-refractivity contribution in [2.24, 2.45) is 0 Å². The molecule has 0 amide bonds. The fraction of sp³-hybridized carbons (Fsp3) is 0.467. The van der Waals surface area contributed by atoms with E-state index in [1.54, 1.807) is 18.7 Å². The standard InChI is InChI=1S/C15H22N4O/c1-11-15(17-8-7-16-11)12(2)18-10-13(19(3)4)14-6-5-9-20-14/h5-9,12-13,18H,10H2,1-4H3. The van der Waals surface area contributed by atoms with Crippen LogP contribution in [0.5, 0.6) is 0 Å². The smallest absolute Gasteiger partial charge is 0.122 e. The van der Waals surface area contributed by atoms with Crippen LogP contribution >= 0.6 is 0 Å². The van der Waals surface area contributed by atoms with Gasteiger partial charge in [-0.15, -0.1) is 0 Å². The average Bonchev–Trinajstić information content (AvgIpc) is 2.92. The van der Waals surface area contributed by atoms with E-state index in [-0.39, 0.29) is 12.1 Å². The van der Waals surface area contributed by atoms with E-state index in [1.165, 1.54) is 0 Å². The number of nitrogens with zero attached hydrogens (tertiary/aromatic N) is 3. The zero-order valence-electron chi connectivity index (χ0n) is 12.5. The number of furan rings is 1. The molecule has 0 fully saturated rings. The van der Waals surface area contributed by atoms with E-state index in [0.717, 1.165) is 23.7 Å². The molecule has 0 aliphatic heterocycles. The second kappa shape index (κ2) is 6.63. The van der Waals surface area contributed by atoms with Crippen LogP contribution in [0.25, 0.3) is 0 Å². The average molecular weight is 274 g/mol. The molecular weight excluding hydrogens is 252 g/mol. The van der Waals surface area contributed by atoms with Gasteiger partial charge < -0.3 is 9.73 Å². The Morgan fingerprint density at radius 2 is 2.05 bits per heavy atom. The van der Waals surface area contributed by atoms with Crippen LogP contribution in [0.4, 0.5) is 0 Å². The number of hydrogen-bond donors (Lipinski definition) is 1. The van der Waals surface area contributed by atoms with Crippen molar-refractivity contribution in [1.82, 2.24) is 20.2 Å². The lowest BCUT2D eigenvalue weighted by Gasteiger charge is -2.25. The Morgan fingerprint density at radius 1 is 1.30 bits per heavy atom. The minimum atomic E-state index is 0.154. The van der Waals surface area contributed by atoms with E-state index in [1.807, 2.05) is 33.2 Å². The monoisotopic (exact) mass is 274 g/mol. The van der Waals surface area contributed by atoms with Crippen molar-refractivity contribution in [3.8, 4) is 0 Å². The summed E-state index contributed by atoms with van der Waals surface area (Å²) in [5.74, 6) is 0.963. The lowest BCUT2D eigenvalue weighted by atomic mass is 10.1. The Labute approximate surface area is 120 Å². The molecule has 2 aromatic heterocycles. The van der Waals surface area contributed by atoms with E-state index >= 15 is 0 Å². The SMILES string of the molecule is Cc1nccnc1C(C)NCC(c1ccco1)N(C)C. The van der Waals surface area contributed by atoms with Gasteiger partial charge in [0.15, 0.2) is 0 Å². The molecule has 0 aliphatic carbocycles. The van der Waals surface area contributed by atoms with E-state index in [4.69, 9.17) is 4.42 Å². The maximum absolute atomic E-state index is 5.51. The van der Waals surface area contributed by atoms with Crippen molar-refractivity contribution >= 4 is 0 Å². The first-order valence-electron chi connectivity index (χ1n) is 6.80. The molecule has 2 aromatic rings. The van der Waals surface area contributed by atoms with Gasteiger partial charge in [-0.3, -0.25) is 14.9 Å². The van der Waals surface area contributed by atoms with Gasteiger partial charge >= 0.3 is 0 Å². The Morgan fingerprint density at radius 3 is 2.65 bits per heavy atom. The summed E-state index contributed by atoms with van der Waals surface area (Å²) in [4.78, 5) is 10.8. The van der Waals surface area contributed by atoms with Gasteiger partial charge in [0.25, 0.3) is 0 Å². The van der Waals surface area contributed by atoms with Crippen molar-refractivity contribution in [2.45, 2.75) is 25.9 Å². The molecule has 0 saturated carbocycles. The highest BCUT2D eigenvalue weighted by atomic mass is 16.3. The van der Waals surface area contributed by atoms with Crippen molar-refractivity contribution in [1.29, 1.82) is 0 Å². The molecule has 0 spiro atoms. The van der Waals surface area contributed by atoms with Gasteiger partial charge in [-0.1, -0.05) is 0 Å². The van der Waals surface area contributed by atoms with Crippen LogP contribution in [-0.2, 0) is 0 Å². The van der Waals surface area contributed by atoms with E-state index < -0.39 is 0 Å². The van der Waals surface area contributed by atoms with Crippen molar-refractivity contribution in [3.63, 3.8) is 0 Å². The fourth-order valence-corrected chi connectivity index (χ4v) is 2.25. The van der Waals surface area contributed by atoms with Crippen molar-refractivity contribution < 1.29 is 4.42 Å². The first kappa shape index (κ1) is 14.7. The molecule has 1 N–H and O–H groups in total. The maximum atomic E-state index is 5.51. The van der Waals surface area contributed by atoms with Crippen LogP contribution in [-0.4, -0.2) is 35.5 Å². The van der Waals surface area contributed by atoms with Crippen LogP contribution in [0, 0.1) is 6.92 Å². The molecule has 2 atom stereocenters. The van der Waals surface area contributed by atoms with Crippen LogP contribution in [0.2, 0.25) is 0 Å². The van der Waals surface area contributed by atoms with Crippen LogP contribution in [0.3, 0.4) is 0 Å². The molecule has 0 aromatic carbocycles. The number of aryl methyl sites for hydroxylation is 1. The Bertz CT molecular complexity index is 524. The third-order valence-corrected chi connectivity index (χ3v) is 3.44. The van der Waals surface area contributed by atoms with Gasteiger partial charge in [-0.2, -0.15) is 0 Å². The molecule has 5 nitrogen and oxygen atoms in total. The molecular formula is C15H22N4O. The second-order valence-electron chi connectivity index (χ2n) is 5.15. The molecule has 0 bridgehead atoms. The molecule has 2 rings (SSSR count). The highest BCUT2D eigenvalue weighted by molar-refractivity contribution is 5.13. The van der Waals surface area contributed by atoms with Crippen LogP contribution in [0.15, 0.2) is 35.2 Å². The summed E-state index contributed by atoms with van der Waals surface area (Å²) in [5, 5.41) is 3.51. The quantitative estimate of drug-likeness (QED) is 0.876. The molecule has 0 saturated heterocycles. The number of rotatable bonds is 6. The minimum absolute atomic E-state index is 0.154. The second-order valence-corrected chi connectivity index (χ2v) is 5.15. The van der Waals surface area contributed by atoms with Gasteiger partial charge in [0, 0.05) is 25.0 Å². The molecule has 5 heteroatoms. The maximum Gasteiger partial charge on any atom is 0.122 e. The van der Waals surface area contributed by atoms with Gasteiger partial charge in [0.2, 0.25) is 0 Å². The van der Waals surface area contributed by atoms with E-state index in [9.17, 15) is 0 Å². The summed E-state index contributed by atoms with van der Waals surface area (Å²) >= 11 is 0. The summed E-state index contributed by atoms with van der Waals surface area (Å²) in [7, 11) is 4.10. The summed E-state index contributed by atoms with van der Waals surface area (Å²) in [5.41, 5.74) is 1.95. The zero-order valence-corrected chi connectivity index (χ0v) is 12.5. The van der Waals surface area contributed by atoms with E-state index in [0.29, 0.717) is 0 Å². The summed E-state index contributed by atoms with van der Waals surface area (Å²) < 4.78 is 5.51. The van der Waals surface area contributed by atoms with Gasteiger partial charge in [0.1, 0.15) is 5.76 Å².